The summed E-state index contributed by atoms with van der Waals surface area (Å²) in [6, 6.07) is 5.80. The topological polar surface area (TPSA) is 125 Å². The average molecular weight is 421 g/mol. The molecule has 1 fully saturated rings. The largest absolute Gasteiger partial charge is 0.390 e. The van der Waals surface area contributed by atoms with Gasteiger partial charge >= 0.3 is 0 Å². The molecule has 0 aliphatic heterocycles. The van der Waals surface area contributed by atoms with Crippen molar-refractivity contribution in [3.63, 3.8) is 0 Å². The molecule has 1 aliphatic carbocycles. The normalized spacial score (nSPS) is 20.8. The molecular formula is C20H19N7O2S. The molecule has 5 rings (SSSR count). The Morgan fingerprint density at radius 2 is 2.17 bits per heavy atom. The smallest absolute Gasteiger partial charge is 0.268 e. The van der Waals surface area contributed by atoms with Gasteiger partial charge in [0.05, 0.1) is 29.7 Å². The van der Waals surface area contributed by atoms with Crippen molar-refractivity contribution in [1.82, 2.24) is 29.5 Å². The van der Waals surface area contributed by atoms with Gasteiger partial charge in [0.2, 0.25) is 0 Å². The van der Waals surface area contributed by atoms with Gasteiger partial charge in [0, 0.05) is 23.3 Å². The first-order valence-electron chi connectivity index (χ1n) is 9.43. The fourth-order valence-corrected chi connectivity index (χ4v) is 4.43. The van der Waals surface area contributed by atoms with Crippen LogP contribution in [-0.4, -0.2) is 46.1 Å². The fourth-order valence-electron chi connectivity index (χ4n) is 3.65. The molecule has 4 heterocycles. The third kappa shape index (κ3) is 3.29. The number of aliphatic hydroxyl groups is 1. The number of nitrogens with zero attached hydrogens (tertiary/aromatic N) is 6. The van der Waals surface area contributed by atoms with Crippen LogP contribution in [0.3, 0.4) is 0 Å². The fraction of sp³-hybridized carbons (Fsp3) is 0.250. The molecule has 0 spiro atoms. The van der Waals surface area contributed by atoms with E-state index in [9.17, 15) is 9.90 Å². The summed E-state index contributed by atoms with van der Waals surface area (Å²) in [5, 5.41) is 21.7. The minimum Gasteiger partial charge on any atom is -0.390 e. The second-order valence-corrected chi connectivity index (χ2v) is 8.55. The van der Waals surface area contributed by atoms with Gasteiger partial charge in [0.25, 0.3) is 5.91 Å². The third-order valence-corrected chi connectivity index (χ3v) is 6.07. The van der Waals surface area contributed by atoms with Gasteiger partial charge in [-0.3, -0.25) is 14.5 Å². The highest BCUT2D eigenvalue weighted by atomic mass is 32.1. The summed E-state index contributed by atoms with van der Waals surface area (Å²) in [5.41, 5.74) is 7.88. The number of aromatic nitrogens is 6. The van der Waals surface area contributed by atoms with Crippen LogP contribution in [0.25, 0.3) is 27.6 Å². The van der Waals surface area contributed by atoms with Crippen LogP contribution >= 0.6 is 11.3 Å². The molecule has 1 saturated carbocycles. The molecule has 9 nitrogen and oxygen atoms in total. The van der Waals surface area contributed by atoms with Crippen molar-refractivity contribution < 1.29 is 9.90 Å². The predicted molar refractivity (Wildman–Crippen MR) is 111 cm³/mol. The number of pyridine rings is 1. The van der Waals surface area contributed by atoms with Gasteiger partial charge in [0.15, 0.2) is 0 Å². The monoisotopic (exact) mass is 421 g/mol. The van der Waals surface area contributed by atoms with Crippen LogP contribution in [0.2, 0.25) is 0 Å². The summed E-state index contributed by atoms with van der Waals surface area (Å²) in [7, 11) is 0. The predicted octanol–water partition coefficient (Wildman–Crippen LogP) is 2.44. The van der Waals surface area contributed by atoms with Crippen molar-refractivity contribution in [2.24, 2.45) is 5.73 Å². The van der Waals surface area contributed by atoms with Crippen LogP contribution in [0.15, 0.2) is 48.4 Å². The summed E-state index contributed by atoms with van der Waals surface area (Å²) in [6.07, 6.45) is 8.48. The van der Waals surface area contributed by atoms with E-state index in [1.54, 1.807) is 22.5 Å². The molecular weight excluding hydrogens is 402 g/mol. The molecule has 10 heteroatoms. The molecule has 30 heavy (non-hydrogen) atoms. The van der Waals surface area contributed by atoms with Crippen LogP contribution in [0.1, 0.15) is 36.3 Å². The zero-order chi connectivity index (χ0) is 20.9. The van der Waals surface area contributed by atoms with Crippen LogP contribution in [-0.2, 0) is 0 Å². The average Bonchev–Trinajstić information content (AvgIpc) is 3.44. The summed E-state index contributed by atoms with van der Waals surface area (Å²) < 4.78 is 3.61. The summed E-state index contributed by atoms with van der Waals surface area (Å²) in [6.45, 7) is 1.84. The van der Waals surface area contributed by atoms with E-state index in [0.717, 1.165) is 16.9 Å². The van der Waals surface area contributed by atoms with Crippen LogP contribution in [0, 0.1) is 0 Å². The number of hydrogen-bond donors (Lipinski definition) is 2. The van der Waals surface area contributed by atoms with E-state index in [2.05, 4.69) is 15.1 Å². The van der Waals surface area contributed by atoms with Gasteiger partial charge in [-0.15, -0.1) is 11.3 Å². The van der Waals surface area contributed by atoms with E-state index < -0.39 is 11.5 Å². The molecule has 1 amide bonds. The van der Waals surface area contributed by atoms with Crippen molar-refractivity contribution in [3.8, 4) is 27.6 Å². The third-order valence-electron chi connectivity index (χ3n) is 5.18. The first kappa shape index (κ1) is 18.6. The number of thiazole rings is 1. The van der Waals surface area contributed by atoms with Crippen LogP contribution < -0.4 is 5.73 Å². The number of carbonyl (C=O) groups excluding carboxylic acids is 1. The highest BCUT2D eigenvalue weighted by Crippen LogP contribution is 2.41. The Balaban J connectivity index is 1.54. The molecule has 4 aromatic heterocycles. The maximum absolute atomic E-state index is 11.3. The Kier molecular flexibility index (Phi) is 4.26. The van der Waals surface area contributed by atoms with E-state index >= 15 is 0 Å². The van der Waals surface area contributed by atoms with E-state index in [1.165, 1.54) is 11.3 Å². The summed E-state index contributed by atoms with van der Waals surface area (Å²) in [4.78, 5) is 20.0. The minimum absolute atomic E-state index is 0.128. The Bertz CT molecular complexity index is 1220. The highest BCUT2D eigenvalue weighted by Gasteiger charge is 2.40. The van der Waals surface area contributed by atoms with Crippen molar-refractivity contribution in [3.05, 3.63) is 54.1 Å². The molecule has 4 aromatic rings. The second-order valence-electron chi connectivity index (χ2n) is 7.69. The lowest BCUT2D eigenvalue weighted by Crippen LogP contribution is -2.42. The van der Waals surface area contributed by atoms with Crippen molar-refractivity contribution >= 4 is 17.2 Å². The van der Waals surface area contributed by atoms with Gasteiger partial charge < -0.3 is 10.8 Å². The molecule has 0 aromatic carbocycles. The molecule has 0 saturated heterocycles. The van der Waals surface area contributed by atoms with E-state index in [4.69, 9.17) is 10.8 Å². The van der Waals surface area contributed by atoms with Crippen LogP contribution in [0.4, 0.5) is 0 Å². The quantitative estimate of drug-likeness (QED) is 0.510. The number of carbonyl (C=O) groups is 1. The molecule has 0 unspecified atom stereocenters. The number of amides is 1. The maximum atomic E-state index is 11.3. The van der Waals surface area contributed by atoms with Crippen molar-refractivity contribution in [2.75, 3.05) is 0 Å². The summed E-state index contributed by atoms with van der Waals surface area (Å²) >= 11 is 1.34. The van der Waals surface area contributed by atoms with Crippen LogP contribution in [0.5, 0.6) is 0 Å². The molecule has 3 N–H and O–H groups in total. The van der Waals surface area contributed by atoms with Gasteiger partial charge in [-0.05, 0) is 31.9 Å². The molecule has 0 radical (unpaired) electrons. The number of hydrogen-bond acceptors (Lipinski definition) is 7. The Labute approximate surface area is 175 Å². The SMILES string of the molecule is CC1(O)CC(n2cc(-n3cc(-c4nc(C(N)=O)cs4)cn3)c(-c3ccccn3)n2)C1. The Hall–Kier alpha value is -3.37. The van der Waals surface area contributed by atoms with Crippen molar-refractivity contribution in [2.45, 2.75) is 31.4 Å². The van der Waals surface area contributed by atoms with Gasteiger partial charge in [0.1, 0.15) is 22.1 Å². The highest BCUT2D eigenvalue weighted by molar-refractivity contribution is 7.13. The van der Waals surface area contributed by atoms with Gasteiger partial charge in [-0.2, -0.15) is 10.2 Å². The first-order valence-corrected chi connectivity index (χ1v) is 10.3. The Morgan fingerprint density at radius 1 is 1.33 bits per heavy atom. The molecule has 0 bridgehead atoms. The molecule has 1 aliphatic rings. The summed E-state index contributed by atoms with van der Waals surface area (Å²) in [5.74, 6) is -0.556. The number of nitrogens with two attached hydrogens (primary N) is 1. The van der Waals surface area contributed by atoms with Crippen molar-refractivity contribution in [1.29, 1.82) is 0 Å². The lowest BCUT2D eigenvalue weighted by molar-refractivity contribution is -0.0542. The number of primary amides is 1. The second kappa shape index (κ2) is 6.85. The lowest BCUT2D eigenvalue weighted by Gasteiger charge is -2.40. The number of rotatable bonds is 5. The van der Waals surface area contributed by atoms with Gasteiger partial charge in [-0.25, -0.2) is 9.67 Å². The minimum atomic E-state index is -0.649. The molecule has 0 atom stereocenters. The lowest BCUT2D eigenvalue weighted by atomic mass is 9.77. The standard InChI is InChI=1S/C20H19N7O2S/c1-20(29)6-13(7-20)26-10-16(17(25-26)14-4-2-3-5-22-14)27-9-12(8-23-27)19-24-15(11-30-19)18(21)28/h2-5,8-11,13,29H,6-7H2,1H3,(H2,21,28). The molecule has 152 valence electrons. The van der Waals surface area contributed by atoms with E-state index in [0.29, 0.717) is 23.5 Å². The van der Waals surface area contributed by atoms with E-state index in [-0.39, 0.29) is 11.7 Å². The van der Waals surface area contributed by atoms with Gasteiger partial charge in [-0.1, -0.05) is 6.07 Å². The first-order chi connectivity index (χ1) is 14.4. The Morgan fingerprint density at radius 3 is 2.83 bits per heavy atom. The zero-order valence-electron chi connectivity index (χ0n) is 16.1. The zero-order valence-corrected chi connectivity index (χ0v) is 17.0. The van der Waals surface area contributed by atoms with E-state index in [1.807, 2.05) is 42.2 Å². The maximum Gasteiger partial charge on any atom is 0.268 e.